The maximum absolute atomic E-state index is 13.7. The Morgan fingerprint density at radius 2 is 1.78 bits per heavy atom. The number of hydrogen-bond donors (Lipinski definition) is 3. The predicted molar refractivity (Wildman–Crippen MR) is 220 cm³/mol. The summed E-state index contributed by atoms with van der Waals surface area (Å²) in [7, 11) is 4.72. The van der Waals surface area contributed by atoms with Gasteiger partial charge in [0, 0.05) is 44.2 Å². The third-order valence-electron chi connectivity index (χ3n) is 11.1. The topological polar surface area (TPSA) is 167 Å². The number of amides is 2. The minimum Gasteiger partial charge on any atom is -0.497 e. The number of nitrogens with one attached hydrogen (secondary N) is 1. The van der Waals surface area contributed by atoms with Crippen LogP contribution in [0.1, 0.15) is 69.8 Å². The molecular weight excluding hydrogens is 746 g/mol. The van der Waals surface area contributed by atoms with Crippen molar-refractivity contribution >= 4 is 23.6 Å². The highest BCUT2D eigenvalue weighted by atomic mass is 16.7. The number of oxime groups is 1. The molecule has 0 aromatic heterocycles. The lowest BCUT2D eigenvalue weighted by Crippen LogP contribution is -2.69. The van der Waals surface area contributed by atoms with Crippen LogP contribution >= 0.6 is 0 Å². The van der Waals surface area contributed by atoms with Gasteiger partial charge in [0.05, 0.1) is 44.8 Å². The smallest absolute Gasteiger partial charge is 0.417 e. The zero-order valence-electron chi connectivity index (χ0n) is 34.2. The van der Waals surface area contributed by atoms with Gasteiger partial charge in [0.1, 0.15) is 35.6 Å². The van der Waals surface area contributed by atoms with Gasteiger partial charge in [0.25, 0.3) is 0 Å². The molecule has 3 aliphatic rings. The summed E-state index contributed by atoms with van der Waals surface area (Å²) in [6.07, 6.45) is 9.39. The van der Waals surface area contributed by atoms with E-state index in [1.54, 1.807) is 56.6 Å². The van der Waals surface area contributed by atoms with Crippen LogP contribution in [0.5, 0.6) is 23.0 Å². The van der Waals surface area contributed by atoms with Gasteiger partial charge in [-0.25, -0.2) is 9.59 Å². The first-order valence-corrected chi connectivity index (χ1v) is 20.1. The maximum atomic E-state index is 13.7. The van der Waals surface area contributed by atoms with Gasteiger partial charge in [-0.05, 0) is 86.8 Å². The van der Waals surface area contributed by atoms with E-state index in [1.807, 2.05) is 13.0 Å². The highest BCUT2D eigenvalue weighted by Crippen LogP contribution is 2.61. The van der Waals surface area contributed by atoms with Gasteiger partial charge in [0.2, 0.25) is 5.79 Å². The Labute approximate surface area is 341 Å². The fourth-order valence-electron chi connectivity index (χ4n) is 8.54. The van der Waals surface area contributed by atoms with Crippen LogP contribution in [0.3, 0.4) is 0 Å². The molecule has 58 heavy (non-hydrogen) atoms. The summed E-state index contributed by atoms with van der Waals surface area (Å²) in [4.78, 5) is 34.4. The first kappa shape index (κ1) is 44.1. The van der Waals surface area contributed by atoms with E-state index in [0.717, 1.165) is 36.8 Å². The molecule has 0 radical (unpaired) electrons. The molecule has 5 rings (SSSR count). The van der Waals surface area contributed by atoms with Crippen molar-refractivity contribution in [2.75, 3.05) is 59.6 Å². The minimum absolute atomic E-state index is 0.0158. The van der Waals surface area contributed by atoms with Crippen molar-refractivity contribution in [1.82, 2.24) is 4.90 Å². The third kappa shape index (κ3) is 9.79. The van der Waals surface area contributed by atoms with E-state index >= 15 is 0 Å². The molecule has 14 heteroatoms. The second-order valence-corrected chi connectivity index (χ2v) is 14.6. The SMILES string of the molecule is C=CCCOC(=O)N(C)[C@H]1CC(=NOCC)C2=C[C@H](CCCCO)[C@@H](CCCCO)[C@@H]3c4cc(OC(=O)Nc5ccc(OC)cc5OC)ccc4O[C@@]1(OCC=C)[C@H]23. The van der Waals surface area contributed by atoms with Crippen molar-refractivity contribution in [2.45, 2.75) is 76.0 Å². The highest BCUT2D eigenvalue weighted by Gasteiger charge is 2.65. The van der Waals surface area contributed by atoms with Crippen molar-refractivity contribution in [1.29, 1.82) is 0 Å². The first-order valence-electron chi connectivity index (χ1n) is 20.1. The molecule has 1 aliphatic heterocycles. The molecule has 14 nitrogen and oxygen atoms in total. The number of aliphatic hydroxyl groups excluding tert-OH is 2. The quantitative estimate of drug-likeness (QED) is 0.0646. The average Bonchev–Trinajstić information content (AvgIpc) is 3.23. The zero-order valence-corrected chi connectivity index (χ0v) is 34.2. The molecule has 316 valence electrons. The lowest BCUT2D eigenvalue weighted by molar-refractivity contribution is -0.253. The normalized spacial score (nSPS) is 23.6. The molecule has 1 fully saturated rings. The number of fused-ring (bicyclic) bond motifs is 2. The average molecular weight is 806 g/mol. The van der Waals surface area contributed by atoms with E-state index in [-0.39, 0.29) is 56.4 Å². The van der Waals surface area contributed by atoms with E-state index in [1.165, 1.54) is 12.0 Å². The van der Waals surface area contributed by atoms with Gasteiger partial charge in [-0.1, -0.05) is 36.2 Å². The third-order valence-corrected chi connectivity index (χ3v) is 11.1. The Hall–Kier alpha value is -5.05. The van der Waals surface area contributed by atoms with E-state index < -0.39 is 29.9 Å². The Balaban J connectivity index is 1.67. The summed E-state index contributed by atoms with van der Waals surface area (Å²) in [5.41, 5.74) is 2.76. The number of aliphatic hydroxyl groups is 2. The number of benzene rings is 2. The molecule has 1 heterocycles. The van der Waals surface area contributed by atoms with E-state index in [0.29, 0.717) is 54.5 Å². The molecule has 6 atom stereocenters. The van der Waals surface area contributed by atoms with Gasteiger partial charge >= 0.3 is 12.2 Å². The molecule has 3 N–H and O–H groups in total. The molecule has 0 saturated heterocycles. The van der Waals surface area contributed by atoms with Crippen molar-refractivity contribution < 1.29 is 53.1 Å². The Morgan fingerprint density at radius 3 is 2.47 bits per heavy atom. The lowest BCUT2D eigenvalue weighted by atomic mass is 9.55. The number of ether oxygens (including phenoxy) is 6. The van der Waals surface area contributed by atoms with Crippen molar-refractivity contribution in [3.8, 4) is 23.0 Å². The maximum Gasteiger partial charge on any atom is 0.417 e. The summed E-state index contributed by atoms with van der Waals surface area (Å²) in [5, 5.41) is 27.1. The number of allylic oxidation sites excluding steroid dienone is 1. The number of rotatable bonds is 21. The van der Waals surface area contributed by atoms with Crippen LogP contribution in [0, 0.1) is 17.8 Å². The van der Waals surface area contributed by atoms with E-state index in [2.05, 4.69) is 29.7 Å². The molecular formula is C44H59N3O11. The largest absolute Gasteiger partial charge is 0.497 e. The van der Waals surface area contributed by atoms with Gasteiger partial charge < -0.3 is 48.4 Å². The highest BCUT2D eigenvalue weighted by molar-refractivity contribution is 6.03. The standard InChI is InChI=1S/C44H59N3O11/c1-7-10-24-54-43(51)47(4)39-28-36(46-56-9-3)33-25-29(15-11-13-21-48)32(16-12-14-22-49)40-34-26-31(18-20-37(34)58-44(39,41(33)40)55-23-8-2)57-42(50)45-35-19-17-30(52-5)27-38(35)53-6/h7-8,17-20,25-27,29,32,39-41,48-49H,1-2,9-16,21-24,28H2,3-6H3,(H,45,50)/t29-,32+,39-,40+,41+,44+/m0/s1. The summed E-state index contributed by atoms with van der Waals surface area (Å²) in [6, 6.07) is 9.57. The molecule has 0 bridgehead atoms. The fraction of sp³-hybridized carbons (Fsp3) is 0.523. The molecule has 2 amide bonds. The number of carbonyl (C=O) groups is 2. The van der Waals surface area contributed by atoms with Gasteiger partial charge in [-0.3, -0.25) is 5.32 Å². The van der Waals surface area contributed by atoms with Crippen LogP contribution in [0.4, 0.5) is 15.3 Å². The number of anilines is 1. The number of hydrogen-bond acceptors (Lipinski definition) is 12. The molecule has 0 spiro atoms. The van der Waals surface area contributed by atoms with Crippen LogP contribution in [0.15, 0.2) is 78.5 Å². The first-order chi connectivity index (χ1) is 28.2. The molecule has 2 aliphatic carbocycles. The second-order valence-electron chi connectivity index (χ2n) is 14.6. The van der Waals surface area contributed by atoms with Gasteiger partial charge in [-0.2, -0.15) is 0 Å². The summed E-state index contributed by atoms with van der Waals surface area (Å²) in [5.74, 6) is -0.488. The number of nitrogens with zero attached hydrogens (tertiary/aromatic N) is 2. The molecule has 2 aromatic carbocycles. The van der Waals surface area contributed by atoms with Crippen molar-refractivity contribution in [2.24, 2.45) is 22.9 Å². The van der Waals surface area contributed by atoms with Gasteiger partial charge in [-0.15, -0.1) is 13.2 Å². The monoisotopic (exact) mass is 805 g/mol. The number of likely N-dealkylation sites (N-methyl/N-ethyl adjacent to an activating group) is 1. The zero-order chi connectivity index (χ0) is 41.7. The summed E-state index contributed by atoms with van der Waals surface area (Å²) in [6.45, 7) is 10.3. The van der Waals surface area contributed by atoms with Crippen LogP contribution < -0.4 is 24.3 Å². The second kappa shape index (κ2) is 21.1. The van der Waals surface area contributed by atoms with Crippen LogP contribution in [0.2, 0.25) is 0 Å². The molecule has 2 aromatic rings. The lowest BCUT2D eigenvalue weighted by Gasteiger charge is -2.59. The van der Waals surface area contributed by atoms with E-state index in [9.17, 15) is 19.8 Å². The van der Waals surface area contributed by atoms with Crippen molar-refractivity contribution in [3.63, 3.8) is 0 Å². The van der Waals surface area contributed by atoms with Crippen LogP contribution in [-0.2, 0) is 14.3 Å². The Morgan fingerprint density at radius 1 is 1.02 bits per heavy atom. The Bertz CT molecular complexity index is 1800. The van der Waals surface area contributed by atoms with Gasteiger partial charge in [0.15, 0.2) is 0 Å². The minimum atomic E-state index is -1.44. The van der Waals surface area contributed by atoms with E-state index in [4.69, 9.17) is 33.3 Å². The molecule has 0 unspecified atom stereocenters. The predicted octanol–water partition coefficient (Wildman–Crippen LogP) is 7.61. The fourth-order valence-corrected chi connectivity index (χ4v) is 8.54. The van der Waals surface area contributed by atoms with Crippen LogP contribution in [-0.4, -0.2) is 99.1 Å². The molecule has 1 saturated carbocycles. The number of methoxy groups -OCH3 is 2. The van der Waals surface area contributed by atoms with Crippen LogP contribution in [0.25, 0.3) is 0 Å². The van der Waals surface area contributed by atoms with Crippen molar-refractivity contribution in [3.05, 3.63) is 78.9 Å². The number of unbranched alkanes of at least 4 members (excludes halogenated alkanes) is 2. The summed E-state index contributed by atoms with van der Waals surface area (Å²) < 4.78 is 36.3. The Kier molecular flexibility index (Phi) is 16.0. The number of carbonyl (C=O) groups excluding carboxylic acids is 2. The summed E-state index contributed by atoms with van der Waals surface area (Å²) >= 11 is 0.